The van der Waals surface area contributed by atoms with Gasteiger partial charge < -0.3 is 32.0 Å². The highest BCUT2D eigenvalue weighted by molar-refractivity contribution is 5.84. The Bertz CT molecular complexity index is 669. The topological polar surface area (TPSA) is 107 Å². The maximum atomic E-state index is 12.1. The van der Waals surface area contributed by atoms with Crippen LogP contribution < -0.4 is 27.0 Å². The van der Waals surface area contributed by atoms with E-state index in [0.29, 0.717) is 13.0 Å². The van der Waals surface area contributed by atoms with Gasteiger partial charge in [0.1, 0.15) is 0 Å². The van der Waals surface area contributed by atoms with E-state index in [2.05, 4.69) is 32.3 Å². The number of fused-ring (bicyclic) bond motifs is 1. The molecule has 1 aromatic carbocycles. The van der Waals surface area contributed by atoms with Crippen LogP contribution in [0.4, 0.5) is 0 Å². The van der Waals surface area contributed by atoms with E-state index >= 15 is 0 Å². The smallest absolute Gasteiger partial charge is 0.225 e. The van der Waals surface area contributed by atoms with E-state index in [4.69, 9.17) is 5.73 Å². The molecule has 0 aliphatic heterocycles. The lowest BCUT2D eigenvalue weighted by Crippen LogP contribution is -2.29. The van der Waals surface area contributed by atoms with Gasteiger partial charge in [-0.2, -0.15) is 0 Å². The van der Waals surface area contributed by atoms with Gasteiger partial charge in [0, 0.05) is 17.8 Å². The molecule has 7 nitrogen and oxygen atoms in total. The first-order chi connectivity index (χ1) is 14.8. The summed E-state index contributed by atoms with van der Waals surface area (Å²) in [5.41, 5.74) is 7.50. The summed E-state index contributed by atoms with van der Waals surface area (Å²) < 4.78 is 0. The molecule has 7 N–H and O–H groups in total. The third-order valence-electron chi connectivity index (χ3n) is 5.01. The minimum atomic E-state index is 0.0698. The molecule has 0 spiro atoms. The lowest BCUT2D eigenvalue weighted by atomic mass is 10.2. The number of aromatic amines is 1. The molecule has 1 heterocycles. The van der Waals surface area contributed by atoms with E-state index in [1.54, 1.807) is 0 Å². The summed E-state index contributed by atoms with van der Waals surface area (Å²) in [6.45, 7) is 7.67. The maximum Gasteiger partial charge on any atom is 0.225 e. The van der Waals surface area contributed by atoms with Crippen LogP contribution in [0.25, 0.3) is 10.9 Å². The first kappa shape index (κ1) is 24.3. The predicted molar refractivity (Wildman–Crippen MR) is 126 cm³/mol. The number of unbranched alkanes of at least 4 members (excludes halogenated alkanes) is 1. The molecule has 0 aliphatic carbocycles. The minimum absolute atomic E-state index is 0.0698. The lowest BCUT2D eigenvalue weighted by molar-refractivity contribution is -0.120. The number of para-hydroxylation sites is 1. The van der Waals surface area contributed by atoms with Gasteiger partial charge in [0.2, 0.25) is 5.91 Å². The zero-order valence-corrected chi connectivity index (χ0v) is 18.3. The molecule has 1 aromatic heterocycles. The van der Waals surface area contributed by atoms with Gasteiger partial charge in [-0.05, 0) is 95.4 Å². The molecule has 30 heavy (non-hydrogen) atoms. The van der Waals surface area contributed by atoms with E-state index in [9.17, 15) is 4.79 Å². The van der Waals surface area contributed by atoms with Crippen LogP contribution in [0.15, 0.2) is 30.3 Å². The number of amides is 1. The number of hydrogen-bond acceptors (Lipinski definition) is 5. The number of nitrogens with one attached hydrogen (secondary N) is 5. The van der Waals surface area contributed by atoms with Gasteiger partial charge in [0.15, 0.2) is 0 Å². The summed E-state index contributed by atoms with van der Waals surface area (Å²) >= 11 is 0. The molecule has 0 unspecified atom stereocenters. The van der Waals surface area contributed by atoms with E-state index in [1.807, 2.05) is 24.3 Å². The average molecular weight is 417 g/mol. The summed E-state index contributed by atoms with van der Waals surface area (Å²) in [5, 5.41) is 14.5. The average Bonchev–Trinajstić information content (AvgIpc) is 3.15. The van der Waals surface area contributed by atoms with Crippen molar-refractivity contribution in [2.24, 2.45) is 5.73 Å². The first-order valence-corrected chi connectivity index (χ1v) is 11.4. The quantitative estimate of drug-likeness (QED) is 0.207. The summed E-state index contributed by atoms with van der Waals surface area (Å²) in [6.07, 6.45) is 5.95. The first-order valence-electron chi connectivity index (χ1n) is 11.4. The van der Waals surface area contributed by atoms with Crippen molar-refractivity contribution < 1.29 is 4.79 Å². The Morgan fingerprint density at radius 1 is 0.800 bits per heavy atom. The zero-order valence-electron chi connectivity index (χ0n) is 18.3. The Hall–Kier alpha value is -1.93. The van der Waals surface area contributed by atoms with E-state index < -0.39 is 0 Å². The van der Waals surface area contributed by atoms with Gasteiger partial charge in [0.05, 0.1) is 6.42 Å². The summed E-state index contributed by atoms with van der Waals surface area (Å²) in [6, 6.07) is 10.1. The number of nitrogens with two attached hydrogens (primary N) is 1. The molecule has 1 amide bonds. The lowest BCUT2D eigenvalue weighted by Gasteiger charge is -2.08. The molecule has 0 aliphatic rings. The number of carbonyl (C=O) groups is 1. The maximum absolute atomic E-state index is 12.1. The second-order valence-corrected chi connectivity index (χ2v) is 7.71. The fourth-order valence-corrected chi connectivity index (χ4v) is 3.35. The number of aromatic nitrogens is 1. The van der Waals surface area contributed by atoms with Crippen LogP contribution >= 0.6 is 0 Å². The molecule has 0 fully saturated rings. The van der Waals surface area contributed by atoms with Crippen LogP contribution in [0.1, 0.15) is 37.8 Å². The van der Waals surface area contributed by atoms with Crippen molar-refractivity contribution in [3.63, 3.8) is 0 Å². The Balaban J connectivity index is 1.34. The predicted octanol–water partition coefficient (Wildman–Crippen LogP) is 1.50. The monoisotopic (exact) mass is 416 g/mol. The van der Waals surface area contributed by atoms with Gasteiger partial charge in [-0.25, -0.2) is 0 Å². The van der Waals surface area contributed by atoms with Crippen molar-refractivity contribution in [2.45, 2.75) is 38.5 Å². The number of carbonyl (C=O) groups excluding carboxylic acids is 1. The number of rotatable bonds is 18. The van der Waals surface area contributed by atoms with E-state index in [1.165, 1.54) is 12.8 Å². The van der Waals surface area contributed by atoms with Gasteiger partial charge in [0.25, 0.3) is 0 Å². The highest BCUT2D eigenvalue weighted by atomic mass is 16.1. The third kappa shape index (κ3) is 10.7. The normalized spacial score (nSPS) is 11.2. The van der Waals surface area contributed by atoms with Crippen LogP contribution in [-0.4, -0.2) is 63.2 Å². The molecular weight excluding hydrogens is 376 g/mol. The van der Waals surface area contributed by atoms with E-state index in [0.717, 1.165) is 81.7 Å². The van der Waals surface area contributed by atoms with Crippen molar-refractivity contribution in [3.05, 3.63) is 36.0 Å². The van der Waals surface area contributed by atoms with Crippen LogP contribution in [0, 0.1) is 0 Å². The SMILES string of the molecule is NCCCNCCCCNCCCNCCCNC(=O)Cc1cc2ccccc2[nH]1. The van der Waals surface area contributed by atoms with Crippen molar-refractivity contribution >= 4 is 16.8 Å². The highest BCUT2D eigenvalue weighted by Gasteiger charge is 2.05. The van der Waals surface area contributed by atoms with Crippen LogP contribution in [-0.2, 0) is 11.2 Å². The standard InChI is InChI=1S/C23H40N6O/c24-10-5-13-25-11-3-4-12-26-14-6-15-27-16-7-17-28-23(30)19-21-18-20-8-1-2-9-22(20)29-21/h1-2,8-9,18,25-27,29H,3-7,10-17,19,24H2,(H,28,30). The second kappa shape index (κ2) is 15.8. The number of benzene rings is 1. The molecule has 0 saturated heterocycles. The largest absolute Gasteiger partial charge is 0.358 e. The number of hydrogen-bond donors (Lipinski definition) is 6. The molecule has 0 radical (unpaired) electrons. The third-order valence-corrected chi connectivity index (χ3v) is 5.01. The van der Waals surface area contributed by atoms with E-state index in [-0.39, 0.29) is 5.91 Å². The summed E-state index contributed by atoms with van der Waals surface area (Å²) in [5.74, 6) is 0.0698. The van der Waals surface area contributed by atoms with Gasteiger partial charge in [-0.3, -0.25) is 4.79 Å². The van der Waals surface area contributed by atoms with Crippen molar-refractivity contribution in [3.8, 4) is 0 Å². The Kier molecular flexibility index (Phi) is 12.9. The van der Waals surface area contributed by atoms with Gasteiger partial charge in [-0.1, -0.05) is 18.2 Å². The molecule has 168 valence electrons. The molecule has 2 aromatic rings. The summed E-state index contributed by atoms with van der Waals surface area (Å²) in [4.78, 5) is 15.4. The highest BCUT2D eigenvalue weighted by Crippen LogP contribution is 2.14. The Morgan fingerprint density at radius 3 is 2.07 bits per heavy atom. The molecular formula is C23H40N6O. The van der Waals surface area contributed by atoms with Crippen LogP contribution in [0.3, 0.4) is 0 Å². The fraction of sp³-hybridized carbons (Fsp3) is 0.609. The Morgan fingerprint density at radius 2 is 1.40 bits per heavy atom. The van der Waals surface area contributed by atoms with Gasteiger partial charge >= 0.3 is 0 Å². The summed E-state index contributed by atoms with van der Waals surface area (Å²) in [7, 11) is 0. The van der Waals surface area contributed by atoms with Gasteiger partial charge in [-0.15, -0.1) is 0 Å². The molecule has 0 saturated carbocycles. The van der Waals surface area contributed by atoms with Crippen LogP contribution in [0.5, 0.6) is 0 Å². The van der Waals surface area contributed by atoms with Crippen molar-refractivity contribution in [1.29, 1.82) is 0 Å². The molecule has 2 rings (SSSR count). The fourth-order valence-electron chi connectivity index (χ4n) is 3.35. The molecule has 0 atom stereocenters. The minimum Gasteiger partial charge on any atom is -0.358 e. The Labute approximate surface area is 180 Å². The molecule has 7 heteroatoms. The van der Waals surface area contributed by atoms with Crippen molar-refractivity contribution in [2.75, 3.05) is 52.4 Å². The van der Waals surface area contributed by atoms with Crippen molar-refractivity contribution in [1.82, 2.24) is 26.3 Å². The number of H-pyrrole nitrogens is 1. The zero-order chi connectivity index (χ0) is 21.3. The second-order valence-electron chi connectivity index (χ2n) is 7.71. The molecule has 0 bridgehead atoms. The van der Waals surface area contributed by atoms with Crippen LogP contribution in [0.2, 0.25) is 0 Å².